The molecule has 0 saturated carbocycles. The Morgan fingerprint density at radius 3 is 3.00 bits per heavy atom. The van der Waals surface area contributed by atoms with E-state index in [1.165, 1.54) is 6.20 Å². The smallest absolute Gasteiger partial charge is 0.216 e. The van der Waals surface area contributed by atoms with Gasteiger partial charge in [-0.1, -0.05) is 11.6 Å². The average molecular weight is 203 g/mol. The number of halogens is 2. The minimum atomic E-state index is -0.454. The molecule has 0 radical (unpaired) electrons. The number of hydrogen-bond acceptors (Lipinski definition) is 2. The van der Waals surface area contributed by atoms with Crippen molar-refractivity contribution in [2.45, 2.75) is 25.8 Å². The monoisotopic (exact) mass is 202 g/mol. The lowest BCUT2D eigenvalue weighted by Crippen LogP contribution is -2.15. The van der Waals surface area contributed by atoms with Gasteiger partial charge in [-0.05, 0) is 25.8 Å². The molecule has 2 nitrogen and oxygen atoms in total. The molecular weight excluding hydrogens is 191 g/mol. The van der Waals surface area contributed by atoms with Crippen molar-refractivity contribution in [1.29, 1.82) is 0 Å². The first-order chi connectivity index (χ1) is 6.09. The largest absolute Gasteiger partial charge is 0.328 e. The van der Waals surface area contributed by atoms with Crippen LogP contribution in [0.3, 0.4) is 0 Å². The fourth-order valence-corrected chi connectivity index (χ4v) is 1.20. The minimum absolute atomic E-state index is 0.0679. The van der Waals surface area contributed by atoms with Crippen molar-refractivity contribution in [3.05, 3.63) is 28.8 Å². The van der Waals surface area contributed by atoms with Crippen LogP contribution in [0.5, 0.6) is 0 Å². The van der Waals surface area contributed by atoms with Gasteiger partial charge in [0, 0.05) is 17.8 Å². The Morgan fingerprint density at radius 2 is 2.38 bits per heavy atom. The Labute approximate surface area is 81.9 Å². The summed E-state index contributed by atoms with van der Waals surface area (Å²) in [4.78, 5) is 3.52. The molecule has 0 spiro atoms. The Kier molecular flexibility index (Phi) is 3.63. The lowest BCUT2D eigenvalue weighted by molar-refractivity contribution is 0.554. The molecule has 13 heavy (non-hydrogen) atoms. The number of nitrogens with two attached hydrogens (primary N) is 1. The van der Waals surface area contributed by atoms with Gasteiger partial charge in [0.15, 0.2) is 0 Å². The van der Waals surface area contributed by atoms with Crippen LogP contribution < -0.4 is 5.73 Å². The predicted octanol–water partition coefficient (Wildman–Crippen LogP) is 2.15. The lowest BCUT2D eigenvalue weighted by atomic mass is 10.1. The molecule has 0 fully saturated rings. The summed E-state index contributed by atoms with van der Waals surface area (Å²) in [6, 6.07) is 1.66. The number of rotatable bonds is 3. The third-order valence-electron chi connectivity index (χ3n) is 1.75. The standard InChI is InChI=1S/C9H12ClFN2/c1-6(12)2-3-7-4-8(10)5-13-9(7)11/h4-6H,2-3,12H2,1H3. The Morgan fingerprint density at radius 1 is 1.69 bits per heavy atom. The first-order valence-electron chi connectivity index (χ1n) is 4.15. The van der Waals surface area contributed by atoms with Crippen LogP contribution in [0.2, 0.25) is 5.02 Å². The van der Waals surface area contributed by atoms with Crippen LogP contribution in [0.15, 0.2) is 12.3 Å². The van der Waals surface area contributed by atoms with Gasteiger partial charge in [-0.25, -0.2) is 4.98 Å². The quantitative estimate of drug-likeness (QED) is 0.763. The highest BCUT2D eigenvalue weighted by molar-refractivity contribution is 6.30. The van der Waals surface area contributed by atoms with E-state index in [0.29, 0.717) is 17.0 Å². The zero-order valence-corrected chi connectivity index (χ0v) is 8.18. The second-order valence-corrected chi connectivity index (χ2v) is 3.56. The van der Waals surface area contributed by atoms with Crippen molar-refractivity contribution < 1.29 is 4.39 Å². The molecule has 0 amide bonds. The number of nitrogens with zero attached hydrogens (tertiary/aromatic N) is 1. The zero-order chi connectivity index (χ0) is 9.84. The minimum Gasteiger partial charge on any atom is -0.328 e. The summed E-state index contributed by atoms with van der Waals surface area (Å²) >= 11 is 5.67. The van der Waals surface area contributed by atoms with Crippen LogP contribution in [0.1, 0.15) is 18.9 Å². The summed E-state index contributed by atoms with van der Waals surface area (Å²) in [7, 11) is 0. The molecule has 1 unspecified atom stereocenters. The highest BCUT2D eigenvalue weighted by Gasteiger charge is 2.05. The fraction of sp³-hybridized carbons (Fsp3) is 0.444. The van der Waals surface area contributed by atoms with Crippen molar-refractivity contribution in [2.75, 3.05) is 0 Å². The van der Waals surface area contributed by atoms with Gasteiger partial charge in [-0.3, -0.25) is 0 Å². The summed E-state index contributed by atoms with van der Waals surface area (Å²) in [6.45, 7) is 1.88. The van der Waals surface area contributed by atoms with Gasteiger partial charge in [0.05, 0.1) is 5.02 Å². The van der Waals surface area contributed by atoms with Crippen molar-refractivity contribution in [2.24, 2.45) is 5.73 Å². The first-order valence-corrected chi connectivity index (χ1v) is 4.53. The third-order valence-corrected chi connectivity index (χ3v) is 1.95. The van der Waals surface area contributed by atoms with Crippen molar-refractivity contribution >= 4 is 11.6 Å². The molecule has 1 aromatic heterocycles. The summed E-state index contributed by atoms with van der Waals surface area (Å²) in [6.07, 6.45) is 2.61. The van der Waals surface area contributed by atoms with Gasteiger partial charge in [-0.2, -0.15) is 4.39 Å². The predicted molar refractivity (Wildman–Crippen MR) is 51.2 cm³/mol. The molecule has 0 aliphatic carbocycles. The summed E-state index contributed by atoms with van der Waals surface area (Å²) < 4.78 is 13.0. The topological polar surface area (TPSA) is 38.9 Å². The highest BCUT2D eigenvalue weighted by atomic mass is 35.5. The molecule has 2 N–H and O–H groups in total. The number of aryl methyl sites for hydroxylation is 1. The summed E-state index contributed by atoms with van der Waals surface area (Å²) in [5, 5.41) is 0.459. The molecule has 1 atom stereocenters. The molecule has 0 aliphatic heterocycles. The van der Waals surface area contributed by atoms with Gasteiger partial charge in [-0.15, -0.1) is 0 Å². The second-order valence-electron chi connectivity index (χ2n) is 3.12. The molecule has 0 aliphatic rings. The summed E-state index contributed by atoms with van der Waals surface area (Å²) in [5.74, 6) is -0.454. The number of aromatic nitrogens is 1. The van der Waals surface area contributed by atoms with E-state index >= 15 is 0 Å². The fourth-order valence-electron chi connectivity index (χ4n) is 1.02. The van der Waals surface area contributed by atoms with Crippen LogP contribution in [0.25, 0.3) is 0 Å². The van der Waals surface area contributed by atoms with E-state index in [4.69, 9.17) is 17.3 Å². The number of hydrogen-bond donors (Lipinski definition) is 1. The Hall–Kier alpha value is -0.670. The van der Waals surface area contributed by atoms with Crippen LogP contribution in [-0.4, -0.2) is 11.0 Å². The summed E-state index contributed by atoms with van der Waals surface area (Å²) in [5.41, 5.74) is 6.08. The molecule has 4 heteroatoms. The van der Waals surface area contributed by atoms with Gasteiger partial charge in [0.1, 0.15) is 0 Å². The van der Waals surface area contributed by atoms with E-state index in [-0.39, 0.29) is 6.04 Å². The van der Waals surface area contributed by atoms with Crippen molar-refractivity contribution in [1.82, 2.24) is 4.98 Å². The van der Waals surface area contributed by atoms with E-state index in [0.717, 1.165) is 6.42 Å². The van der Waals surface area contributed by atoms with Gasteiger partial charge < -0.3 is 5.73 Å². The molecular formula is C9H12ClFN2. The normalized spacial score (nSPS) is 12.9. The Balaban J connectivity index is 2.70. The van der Waals surface area contributed by atoms with E-state index in [1.807, 2.05) is 6.92 Å². The molecule has 0 bridgehead atoms. The van der Waals surface area contributed by atoms with E-state index in [9.17, 15) is 4.39 Å². The van der Waals surface area contributed by atoms with Gasteiger partial charge in [0.2, 0.25) is 5.95 Å². The third kappa shape index (κ3) is 3.28. The maximum atomic E-state index is 13.0. The van der Waals surface area contributed by atoms with Crippen molar-refractivity contribution in [3.8, 4) is 0 Å². The van der Waals surface area contributed by atoms with Crippen LogP contribution in [0, 0.1) is 5.95 Å². The van der Waals surface area contributed by atoms with E-state index in [1.54, 1.807) is 6.07 Å². The highest BCUT2D eigenvalue weighted by Crippen LogP contribution is 2.14. The van der Waals surface area contributed by atoms with Gasteiger partial charge >= 0.3 is 0 Å². The SMILES string of the molecule is CC(N)CCc1cc(Cl)cnc1F. The number of pyridine rings is 1. The van der Waals surface area contributed by atoms with Crippen molar-refractivity contribution in [3.63, 3.8) is 0 Å². The molecule has 0 aromatic carbocycles. The van der Waals surface area contributed by atoms with E-state index < -0.39 is 5.95 Å². The molecule has 1 aromatic rings. The molecule has 1 heterocycles. The van der Waals surface area contributed by atoms with Crippen LogP contribution in [0.4, 0.5) is 4.39 Å². The van der Waals surface area contributed by atoms with Crippen LogP contribution in [-0.2, 0) is 6.42 Å². The van der Waals surface area contributed by atoms with Crippen LogP contribution >= 0.6 is 11.6 Å². The molecule has 72 valence electrons. The molecule has 0 saturated heterocycles. The van der Waals surface area contributed by atoms with Gasteiger partial charge in [0.25, 0.3) is 0 Å². The maximum Gasteiger partial charge on any atom is 0.216 e. The molecule has 1 rings (SSSR count). The second kappa shape index (κ2) is 4.53. The zero-order valence-electron chi connectivity index (χ0n) is 7.43. The first kappa shape index (κ1) is 10.4. The van der Waals surface area contributed by atoms with E-state index in [2.05, 4.69) is 4.98 Å². The lowest BCUT2D eigenvalue weighted by Gasteiger charge is -2.05. The Bertz CT molecular complexity index is 289. The average Bonchev–Trinajstić information content (AvgIpc) is 2.06. The maximum absolute atomic E-state index is 13.0.